The summed E-state index contributed by atoms with van der Waals surface area (Å²) in [5.41, 5.74) is 1.66. The first-order chi connectivity index (χ1) is 9.41. The Hall–Kier alpha value is -1.52. The van der Waals surface area contributed by atoms with E-state index in [1.165, 1.54) is 6.07 Å². The van der Waals surface area contributed by atoms with Crippen molar-refractivity contribution in [2.24, 2.45) is 0 Å². The molecule has 0 saturated carbocycles. The van der Waals surface area contributed by atoms with E-state index < -0.39 is 9.05 Å². The van der Waals surface area contributed by atoms with Gasteiger partial charge in [0.1, 0.15) is 11.5 Å². The summed E-state index contributed by atoms with van der Waals surface area (Å²) in [6.07, 6.45) is 0.864. The van der Waals surface area contributed by atoms with Crippen LogP contribution in [0, 0.1) is 6.92 Å². The average Bonchev–Trinajstić information content (AvgIpc) is 2.38. The van der Waals surface area contributed by atoms with Crippen molar-refractivity contribution in [3.63, 3.8) is 0 Å². The molecule has 0 saturated heterocycles. The SMILES string of the molecule is CCc1ccccc1Oc1ccc(S(=O)(=O)Cl)c(C)c1. The second kappa shape index (κ2) is 5.85. The zero-order chi connectivity index (χ0) is 14.8. The quantitative estimate of drug-likeness (QED) is 0.792. The van der Waals surface area contributed by atoms with Gasteiger partial charge in [0.2, 0.25) is 0 Å². The summed E-state index contributed by atoms with van der Waals surface area (Å²) in [7, 11) is 1.64. The fourth-order valence-electron chi connectivity index (χ4n) is 1.98. The fraction of sp³-hybridized carbons (Fsp3) is 0.200. The molecule has 3 nitrogen and oxygen atoms in total. The van der Waals surface area contributed by atoms with Crippen molar-refractivity contribution < 1.29 is 13.2 Å². The van der Waals surface area contributed by atoms with Crippen molar-refractivity contribution in [2.45, 2.75) is 25.2 Å². The van der Waals surface area contributed by atoms with Gasteiger partial charge in [-0.3, -0.25) is 0 Å². The van der Waals surface area contributed by atoms with Gasteiger partial charge in [0.15, 0.2) is 0 Å². The first-order valence-electron chi connectivity index (χ1n) is 6.23. The predicted molar refractivity (Wildman–Crippen MR) is 80.1 cm³/mol. The minimum absolute atomic E-state index is 0.107. The van der Waals surface area contributed by atoms with Crippen LogP contribution in [0.25, 0.3) is 0 Å². The van der Waals surface area contributed by atoms with Gasteiger partial charge in [-0.25, -0.2) is 8.42 Å². The molecular formula is C15H15ClO3S. The lowest BCUT2D eigenvalue weighted by atomic mass is 10.1. The Morgan fingerprint density at radius 2 is 1.85 bits per heavy atom. The molecule has 0 aliphatic rings. The van der Waals surface area contributed by atoms with Gasteiger partial charge in [-0.1, -0.05) is 25.1 Å². The van der Waals surface area contributed by atoms with Crippen LogP contribution in [0.5, 0.6) is 11.5 Å². The van der Waals surface area contributed by atoms with E-state index >= 15 is 0 Å². The topological polar surface area (TPSA) is 43.4 Å². The van der Waals surface area contributed by atoms with Gasteiger partial charge in [0.25, 0.3) is 9.05 Å². The molecule has 5 heteroatoms. The lowest BCUT2D eigenvalue weighted by molar-refractivity contribution is 0.476. The Bertz CT molecular complexity index is 724. The standard InChI is InChI=1S/C15H15ClO3S/c1-3-12-6-4-5-7-14(12)19-13-8-9-15(11(2)10-13)20(16,17)18/h4-10H,3H2,1-2H3. The lowest BCUT2D eigenvalue weighted by Crippen LogP contribution is -1.96. The van der Waals surface area contributed by atoms with Gasteiger partial charge < -0.3 is 4.74 Å². The van der Waals surface area contributed by atoms with Gasteiger partial charge in [-0.2, -0.15) is 0 Å². The molecule has 0 heterocycles. The van der Waals surface area contributed by atoms with Crippen molar-refractivity contribution in [3.05, 3.63) is 53.6 Å². The first kappa shape index (κ1) is 14.9. The average molecular weight is 311 g/mol. The van der Waals surface area contributed by atoms with E-state index in [1.54, 1.807) is 19.1 Å². The molecule has 2 rings (SSSR count). The molecule has 0 fully saturated rings. The van der Waals surface area contributed by atoms with Gasteiger partial charge in [-0.05, 0) is 48.7 Å². The van der Waals surface area contributed by atoms with Crippen LogP contribution in [0.1, 0.15) is 18.1 Å². The zero-order valence-electron chi connectivity index (χ0n) is 11.3. The monoisotopic (exact) mass is 310 g/mol. The van der Waals surface area contributed by atoms with Crippen LogP contribution in [-0.2, 0) is 15.5 Å². The molecule has 0 amide bonds. The van der Waals surface area contributed by atoms with Crippen LogP contribution in [-0.4, -0.2) is 8.42 Å². The van der Waals surface area contributed by atoms with Crippen molar-refractivity contribution in [1.29, 1.82) is 0 Å². The van der Waals surface area contributed by atoms with Crippen molar-refractivity contribution in [1.82, 2.24) is 0 Å². The van der Waals surface area contributed by atoms with Crippen LogP contribution in [0.2, 0.25) is 0 Å². The third-order valence-electron chi connectivity index (χ3n) is 2.99. The second-order valence-electron chi connectivity index (χ2n) is 4.43. The van der Waals surface area contributed by atoms with E-state index in [0.29, 0.717) is 11.3 Å². The third-order valence-corrected chi connectivity index (χ3v) is 4.47. The molecule has 0 spiro atoms. The predicted octanol–water partition coefficient (Wildman–Crippen LogP) is 4.28. The van der Waals surface area contributed by atoms with Crippen molar-refractivity contribution in [3.8, 4) is 11.5 Å². The minimum Gasteiger partial charge on any atom is -0.457 e. The maximum absolute atomic E-state index is 11.3. The highest BCUT2D eigenvalue weighted by Gasteiger charge is 2.14. The number of ether oxygens (including phenoxy) is 1. The Kier molecular flexibility index (Phi) is 4.35. The smallest absolute Gasteiger partial charge is 0.261 e. The van der Waals surface area contributed by atoms with Crippen LogP contribution < -0.4 is 4.74 Å². The molecule has 0 aliphatic carbocycles. The van der Waals surface area contributed by atoms with E-state index in [0.717, 1.165) is 17.7 Å². The first-order valence-corrected chi connectivity index (χ1v) is 8.54. The molecule has 0 N–H and O–H groups in total. The Morgan fingerprint density at radius 1 is 1.15 bits per heavy atom. The number of hydrogen-bond acceptors (Lipinski definition) is 3. The highest BCUT2D eigenvalue weighted by Crippen LogP contribution is 2.29. The highest BCUT2D eigenvalue weighted by molar-refractivity contribution is 8.13. The Labute approximate surface area is 123 Å². The third kappa shape index (κ3) is 3.32. The number of aryl methyl sites for hydroxylation is 2. The number of para-hydroxylation sites is 1. The molecule has 2 aromatic carbocycles. The lowest BCUT2D eigenvalue weighted by Gasteiger charge is -2.11. The van der Waals surface area contributed by atoms with Crippen molar-refractivity contribution >= 4 is 19.7 Å². The van der Waals surface area contributed by atoms with Crippen molar-refractivity contribution in [2.75, 3.05) is 0 Å². The summed E-state index contributed by atoms with van der Waals surface area (Å²) in [5.74, 6) is 1.36. The summed E-state index contributed by atoms with van der Waals surface area (Å²) in [6.45, 7) is 3.74. The largest absolute Gasteiger partial charge is 0.457 e. The summed E-state index contributed by atoms with van der Waals surface area (Å²) in [4.78, 5) is 0.107. The normalized spacial score (nSPS) is 11.3. The van der Waals surface area contributed by atoms with E-state index in [-0.39, 0.29) is 4.90 Å². The molecule has 20 heavy (non-hydrogen) atoms. The van der Waals surface area contributed by atoms with Crippen LogP contribution in [0.15, 0.2) is 47.4 Å². The maximum atomic E-state index is 11.3. The highest BCUT2D eigenvalue weighted by atomic mass is 35.7. The number of rotatable bonds is 4. The van der Waals surface area contributed by atoms with E-state index in [9.17, 15) is 8.42 Å². The second-order valence-corrected chi connectivity index (χ2v) is 6.96. The summed E-state index contributed by atoms with van der Waals surface area (Å²) >= 11 is 0. The molecule has 0 aliphatic heterocycles. The van der Waals surface area contributed by atoms with E-state index in [2.05, 4.69) is 6.92 Å². The molecule has 106 valence electrons. The van der Waals surface area contributed by atoms with Crippen LogP contribution in [0.3, 0.4) is 0 Å². The van der Waals surface area contributed by atoms with E-state index in [4.69, 9.17) is 15.4 Å². The van der Waals surface area contributed by atoms with E-state index in [1.807, 2.05) is 24.3 Å². The molecular weight excluding hydrogens is 296 g/mol. The molecule has 0 radical (unpaired) electrons. The number of benzene rings is 2. The van der Waals surface area contributed by atoms with Gasteiger partial charge in [-0.15, -0.1) is 0 Å². The maximum Gasteiger partial charge on any atom is 0.261 e. The Morgan fingerprint density at radius 3 is 2.45 bits per heavy atom. The fourth-order valence-corrected chi connectivity index (χ4v) is 3.17. The summed E-state index contributed by atoms with van der Waals surface area (Å²) in [6, 6.07) is 12.5. The number of hydrogen-bond donors (Lipinski definition) is 0. The number of halogens is 1. The molecule has 0 bridgehead atoms. The summed E-state index contributed by atoms with van der Waals surface area (Å²) < 4.78 is 28.5. The molecule has 2 aromatic rings. The molecule has 0 unspecified atom stereocenters. The minimum atomic E-state index is -3.72. The van der Waals surface area contributed by atoms with Gasteiger partial charge in [0, 0.05) is 10.7 Å². The van der Waals surface area contributed by atoms with Crippen LogP contribution >= 0.6 is 10.7 Å². The zero-order valence-corrected chi connectivity index (χ0v) is 12.8. The molecule has 0 aromatic heterocycles. The Balaban J connectivity index is 2.34. The summed E-state index contributed by atoms with van der Waals surface area (Å²) in [5, 5.41) is 0. The van der Waals surface area contributed by atoms with Crippen LogP contribution in [0.4, 0.5) is 0 Å². The van der Waals surface area contributed by atoms with Gasteiger partial charge in [0.05, 0.1) is 4.90 Å². The van der Waals surface area contributed by atoms with Gasteiger partial charge >= 0.3 is 0 Å². The molecule has 0 atom stereocenters.